The Morgan fingerprint density at radius 3 is 2.42 bits per heavy atom. The van der Waals surface area contributed by atoms with Crippen LogP contribution in [0.25, 0.3) is 0 Å². The Hall–Kier alpha value is -1.30. The second kappa shape index (κ2) is 9.25. The molecular weight excluding hydrogens is 306 g/mol. The van der Waals surface area contributed by atoms with Gasteiger partial charge in [0.1, 0.15) is 30.8 Å². The molecule has 2 heterocycles. The van der Waals surface area contributed by atoms with Crippen molar-refractivity contribution in [3.8, 4) is 11.5 Å². The molecule has 24 heavy (non-hydrogen) atoms. The molecule has 5 heteroatoms. The van der Waals surface area contributed by atoms with Crippen molar-refractivity contribution >= 4 is 0 Å². The third kappa shape index (κ3) is 5.65. The summed E-state index contributed by atoms with van der Waals surface area (Å²) in [6, 6.07) is 7.58. The van der Waals surface area contributed by atoms with E-state index >= 15 is 0 Å². The number of aliphatic hydroxyl groups excluding tert-OH is 1. The number of nitrogens with zero attached hydrogens (tertiary/aromatic N) is 1. The first kappa shape index (κ1) is 17.5. The summed E-state index contributed by atoms with van der Waals surface area (Å²) in [5.41, 5.74) is 0. The van der Waals surface area contributed by atoms with Gasteiger partial charge in [-0.2, -0.15) is 0 Å². The Bertz CT molecular complexity index is 467. The molecule has 1 N–H and O–H groups in total. The Kier molecular flexibility index (Phi) is 6.75. The van der Waals surface area contributed by atoms with Gasteiger partial charge in [0.05, 0.1) is 6.10 Å². The molecule has 0 aromatic heterocycles. The molecule has 0 bridgehead atoms. The lowest BCUT2D eigenvalue weighted by atomic mass is 10.1. The number of hydrogen-bond acceptors (Lipinski definition) is 5. The molecule has 0 amide bonds. The maximum Gasteiger partial charge on any atom is 0.119 e. The number of ether oxygens (including phenoxy) is 3. The van der Waals surface area contributed by atoms with E-state index in [1.807, 2.05) is 24.3 Å². The van der Waals surface area contributed by atoms with E-state index in [-0.39, 0.29) is 6.10 Å². The normalized spacial score (nSPS) is 23.1. The van der Waals surface area contributed by atoms with E-state index in [2.05, 4.69) is 4.90 Å². The molecule has 0 saturated carbocycles. The number of likely N-dealkylation sites (tertiary alicyclic amines) is 1. The maximum absolute atomic E-state index is 10.1. The lowest BCUT2D eigenvalue weighted by molar-refractivity contribution is 0.0615. The zero-order chi connectivity index (χ0) is 16.6. The van der Waals surface area contributed by atoms with Crippen LogP contribution in [0.5, 0.6) is 11.5 Å². The second-order valence-corrected chi connectivity index (χ2v) is 6.74. The summed E-state index contributed by atoms with van der Waals surface area (Å²) in [5, 5.41) is 10.1. The van der Waals surface area contributed by atoms with Crippen LogP contribution in [-0.2, 0) is 4.74 Å². The van der Waals surface area contributed by atoms with Crippen LogP contribution in [0.15, 0.2) is 24.3 Å². The van der Waals surface area contributed by atoms with Crippen molar-refractivity contribution in [2.45, 2.75) is 44.3 Å². The van der Waals surface area contributed by atoms with E-state index in [0.29, 0.717) is 19.8 Å². The molecule has 2 saturated heterocycles. The molecule has 2 unspecified atom stereocenters. The Morgan fingerprint density at radius 2 is 1.75 bits per heavy atom. The number of rotatable bonds is 8. The van der Waals surface area contributed by atoms with E-state index in [0.717, 1.165) is 44.0 Å². The fourth-order valence-electron chi connectivity index (χ4n) is 3.28. The average Bonchev–Trinajstić information content (AvgIpc) is 3.13. The second-order valence-electron chi connectivity index (χ2n) is 6.74. The third-order valence-electron chi connectivity index (χ3n) is 4.64. The van der Waals surface area contributed by atoms with Crippen molar-refractivity contribution in [1.82, 2.24) is 4.90 Å². The van der Waals surface area contributed by atoms with Gasteiger partial charge in [-0.05, 0) is 63.0 Å². The first-order chi connectivity index (χ1) is 11.8. The zero-order valence-electron chi connectivity index (χ0n) is 14.4. The van der Waals surface area contributed by atoms with Crippen LogP contribution in [0.2, 0.25) is 0 Å². The molecule has 0 spiro atoms. The van der Waals surface area contributed by atoms with Crippen LogP contribution >= 0.6 is 0 Å². The molecule has 1 aromatic rings. The van der Waals surface area contributed by atoms with Gasteiger partial charge >= 0.3 is 0 Å². The molecule has 2 fully saturated rings. The van der Waals surface area contributed by atoms with Crippen molar-refractivity contribution in [3.63, 3.8) is 0 Å². The van der Waals surface area contributed by atoms with Gasteiger partial charge in [-0.25, -0.2) is 0 Å². The van der Waals surface area contributed by atoms with E-state index in [9.17, 15) is 5.11 Å². The minimum Gasteiger partial charge on any atom is -0.491 e. The lowest BCUT2D eigenvalue weighted by Gasteiger charge is -2.28. The van der Waals surface area contributed by atoms with E-state index in [4.69, 9.17) is 14.2 Å². The lowest BCUT2D eigenvalue weighted by Crippen LogP contribution is -2.38. The Balaban J connectivity index is 1.35. The largest absolute Gasteiger partial charge is 0.491 e. The summed E-state index contributed by atoms with van der Waals surface area (Å²) in [4.78, 5) is 2.32. The van der Waals surface area contributed by atoms with Crippen LogP contribution in [0.1, 0.15) is 32.1 Å². The molecule has 1 aromatic carbocycles. The smallest absolute Gasteiger partial charge is 0.119 e. The van der Waals surface area contributed by atoms with Crippen molar-refractivity contribution in [2.75, 3.05) is 39.5 Å². The first-order valence-electron chi connectivity index (χ1n) is 9.17. The van der Waals surface area contributed by atoms with Crippen molar-refractivity contribution in [1.29, 1.82) is 0 Å². The molecule has 0 radical (unpaired) electrons. The van der Waals surface area contributed by atoms with Crippen LogP contribution in [0, 0.1) is 0 Å². The predicted octanol–water partition coefficient (Wildman–Crippen LogP) is 2.47. The SMILES string of the molecule is OC(COc1ccc(OCC2CCCO2)cc1)CN1CCCCC1. The zero-order valence-corrected chi connectivity index (χ0v) is 14.4. The Labute approximate surface area is 144 Å². The summed E-state index contributed by atoms with van der Waals surface area (Å²) in [5.74, 6) is 1.59. The van der Waals surface area contributed by atoms with E-state index in [1.165, 1.54) is 19.3 Å². The van der Waals surface area contributed by atoms with Crippen molar-refractivity contribution in [3.05, 3.63) is 24.3 Å². The van der Waals surface area contributed by atoms with Gasteiger partial charge < -0.3 is 24.2 Å². The minimum absolute atomic E-state index is 0.228. The van der Waals surface area contributed by atoms with Crippen LogP contribution in [-0.4, -0.2) is 61.7 Å². The quantitative estimate of drug-likeness (QED) is 0.791. The fourth-order valence-corrected chi connectivity index (χ4v) is 3.28. The summed E-state index contributed by atoms with van der Waals surface area (Å²) >= 11 is 0. The minimum atomic E-state index is -0.446. The maximum atomic E-state index is 10.1. The van der Waals surface area contributed by atoms with Crippen LogP contribution in [0.3, 0.4) is 0 Å². The molecular formula is C19H29NO4. The molecule has 2 aliphatic rings. The summed E-state index contributed by atoms with van der Waals surface area (Å²) in [6.45, 7) is 4.66. The van der Waals surface area contributed by atoms with E-state index in [1.54, 1.807) is 0 Å². The number of aliphatic hydroxyl groups is 1. The summed E-state index contributed by atoms with van der Waals surface area (Å²) < 4.78 is 17.0. The average molecular weight is 335 g/mol. The first-order valence-corrected chi connectivity index (χ1v) is 9.17. The van der Waals surface area contributed by atoms with E-state index < -0.39 is 6.10 Å². The molecule has 2 aliphatic heterocycles. The van der Waals surface area contributed by atoms with Gasteiger partial charge in [0.15, 0.2) is 0 Å². The topological polar surface area (TPSA) is 51.2 Å². The number of β-amino-alcohol motifs (C(OH)–C–C–N with tert-alkyl or cyclic N) is 1. The van der Waals surface area contributed by atoms with Gasteiger partial charge in [-0.15, -0.1) is 0 Å². The number of piperidine rings is 1. The van der Waals surface area contributed by atoms with Gasteiger partial charge in [0.25, 0.3) is 0 Å². The van der Waals surface area contributed by atoms with Crippen molar-refractivity contribution < 1.29 is 19.3 Å². The van der Waals surface area contributed by atoms with Crippen LogP contribution in [0.4, 0.5) is 0 Å². The molecule has 0 aliphatic carbocycles. The molecule has 5 nitrogen and oxygen atoms in total. The summed E-state index contributed by atoms with van der Waals surface area (Å²) in [7, 11) is 0. The van der Waals surface area contributed by atoms with Crippen LogP contribution < -0.4 is 9.47 Å². The molecule has 2 atom stereocenters. The summed E-state index contributed by atoms with van der Waals surface area (Å²) in [6.07, 6.45) is 5.77. The standard InChI is InChI=1S/C19H29NO4/c21-16(13-20-10-2-1-3-11-20)14-23-17-6-8-18(9-7-17)24-15-19-5-4-12-22-19/h6-9,16,19,21H,1-5,10-15H2. The predicted molar refractivity (Wildman–Crippen MR) is 92.7 cm³/mol. The van der Waals surface area contributed by atoms with Gasteiger partial charge in [-0.1, -0.05) is 6.42 Å². The third-order valence-corrected chi connectivity index (χ3v) is 4.64. The highest BCUT2D eigenvalue weighted by atomic mass is 16.5. The highest BCUT2D eigenvalue weighted by Crippen LogP contribution is 2.20. The fraction of sp³-hybridized carbons (Fsp3) is 0.684. The highest BCUT2D eigenvalue weighted by molar-refractivity contribution is 5.31. The molecule has 3 rings (SSSR count). The highest BCUT2D eigenvalue weighted by Gasteiger charge is 2.16. The number of benzene rings is 1. The number of hydrogen-bond donors (Lipinski definition) is 1. The van der Waals surface area contributed by atoms with Crippen molar-refractivity contribution in [2.24, 2.45) is 0 Å². The molecule has 134 valence electrons. The Morgan fingerprint density at radius 1 is 1.04 bits per heavy atom. The monoisotopic (exact) mass is 335 g/mol. The van der Waals surface area contributed by atoms with Gasteiger partial charge in [-0.3, -0.25) is 0 Å². The van der Waals surface area contributed by atoms with Gasteiger partial charge in [0, 0.05) is 13.2 Å². The van der Waals surface area contributed by atoms with Gasteiger partial charge in [0.2, 0.25) is 0 Å².